The fourth-order valence-corrected chi connectivity index (χ4v) is 3.68. The SMILES string of the molecule is CCOc1ccccc1N(CCCC(=O)Nc1cccc([N+](=O)[O-])c1)S(C)(=O)=O. The third-order valence-electron chi connectivity index (χ3n) is 3.94. The van der Waals surface area contributed by atoms with Gasteiger partial charge in [-0.3, -0.25) is 19.2 Å². The summed E-state index contributed by atoms with van der Waals surface area (Å²) in [6, 6.07) is 12.4. The van der Waals surface area contributed by atoms with Crippen molar-refractivity contribution in [1.29, 1.82) is 0 Å². The Labute approximate surface area is 169 Å². The standard InChI is InChI=1S/C19H23N3O6S/c1-3-28-18-11-5-4-10-17(18)21(29(2,26)27)13-7-12-19(23)20-15-8-6-9-16(14-15)22(24)25/h4-6,8-11,14H,3,7,12-13H2,1-2H3,(H,20,23). The van der Waals surface area contributed by atoms with Crippen molar-refractivity contribution in [1.82, 2.24) is 0 Å². The number of nitro groups is 1. The van der Waals surface area contributed by atoms with Crippen LogP contribution in [-0.4, -0.2) is 38.7 Å². The van der Waals surface area contributed by atoms with Crippen molar-refractivity contribution < 1.29 is 22.9 Å². The van der Waals surface area contributed by atoms with Gasteiger partial charge in [-0.15, -0.1) is 0 Å². The fourth-order valence-electron chi connectivity index (χ4n) is 2.71. The monoisotopic (exact) mass is 421 g/mol. The molecule has 0 radical (unpaired) electrons. The van der Waals surface area contributed by atoms with E-state index in [-0.39, 0.29) is 31.0 Å². The van der Waals surface area contributed by atoms with Crippen LogP contribution in [0.25, 0.3) is 0 Å². The van der Waals surface area contributed by atoms with Crippen LogP contribution >= 0.6 is 0 Å². The molecular formula is C19H23N3O6S. The lowest BCUT2D eigenvalue weighted by atomic mass is 10.2. The number of amides is 1. The van der Waals surface area contributed by atoms with E-state index in [0.29, 0.717) is 23.7 Å². The number of carbonyl (C=O) groups excluding carboxylic acids is 1. The second-order valence-electron chi connectivity index (χ2n) is 6.20. The molecule has 156 valence electrons. The first-order chi connectivity index (χ1) is 13.7. The van der Waals surface area contributed by atoms with Gasteiger partial charge in [-0.05, 0) is 31.5 Å². The first-order valence-electron chi connectivity index (χ1n) is 8.96. The molecule has 9 nitrogen and oxygen atoms in total. The van der Waals surface area contributed by atoms with Crippen molar-refractivity contribution in [3.05, 3.63) is 58.6 Å². The van der Waals surface area contributed by atoms with Gasteiger partial charge in [0, 0.05) is 30.8 Å². The first-order valence-corrected chi connectivity index (χ1v) is 10.8. The van der Waals surface area contributed by atoms with E-state index in [2.05, 4.69) is 5.32 Å². The highest BCUT2D eigenvalue weighted by molar-refractivity contribution is 7.92. The highest BCUT2D eigenvalue weighted by atomic mass is 32.2. The smallest absolute Gasteiger partial charge is 0.271 e. The zero-order valence-corrected chi connectivity index (χ0v) is 17.0. The highest BCUT2D eigenvalue weighted by Gasteiger charge is 2.21. The Morgan fingerprint density at radius 2 is 1.93 bits per heavy atom. The van der Waals surface area contributed by atoms with Crippen LogP contribution in [0.4, 0.5) is 17.1 Å². The molecule has 0 aromatic heterocycles. The van der Waals surface area contributed by atoms with Crippen LogP contribution in [-0.2, 0) is 14.8 Å². The lowest BCUT2D eigenvalue weighted by molar-refractivity contribution is -0.384. The molecule has 2 aromatic rings. The molecule has 0 aliphatic rings. The van der Waals surface area contributed by atoms with Crippen molar-refractivity contribution in [2.24, 2.45) is 0 Å². The normalized spacial score (nSPS) is 11.0. The number of para-hydroxylation sites is 2. The molecule has 0 heterocycles. The third kappa shape index (κ3) is 6.46. The summed E-state index contributed by atoms with van der Waals surface area (Å²) >= 11 is 0. The Morgan fingerprint density at radius 3 is 2.59 bits per heavy atom. The molecule has 0 bridgehead atoms. The van der Waals surface area contributed by atoms with Crippen LogP contribution in [0, 0.1) is 10.1 Å². The number of rotatable bonds is 10. The summed E-state index contributed by atoms with van der Waals surface area (Å²) in [5, 5.41) is 13.4. The molecule has 0 unspecified atom stereocenters. The largest absolute Gasteiger partial charge is 0.492 e. The summed E-state index contributed by atoms with van der Waals surface area (Å²) in [4.78, 5) is 22.4. The zero-order valence-electron chi connectivity index (χ0n) is 16.2. The van der Waals surface area contributed by atoms with Gasteiger partial charge < -0.3 is 10.1 Å². The lowest BCUT2D eigenvalue weighted by Gasteiger charge is -2.24. The maximum absolute atomic E-state index is 12.3. The van der Waals surface area contributed by atoms with Crippen LogP contribution in [0.15, 0.2) is 48.5 Å². The molecular weight excluding hydrogens is 398 g/mol. The van der Waals surface area contributed by atoms with Gasteiger partial charge in [0.05, 0.1) is 23.5 Å². The number of hydrogen-bond donors (Lipinski definition) is 1. The number of anilines is 2. The number of carbonyl (C=O) groups is 1. The number of non-ortho nitro benzene ring substituents is 1. The molecule has 2 aromatic carbocycles. The molecule has 0 atom stereocenters. The van der Waals surface area contributed by atoms with E-state index in [1.807, 2.05) is 0 Å². The first kappa shape index (κ1) is 22.2. The second-order valence-corrected chi connectivity index (χ2v) is 8.10. The summed E-state index contributed by atoms with van der Waals surface area (Å²) in [6.07, 6.45) is 1.40. The number of nitro benzene ring substituents is 1. The summed E-state index contributed by atoms with van der Waals surface area (Å²) in [6.45, 7) is 2.28. The maximum Gasteiger partial charge on any atom is 0.271 e. The van der Waals surface area contributed by atoms with E-state index in [1.165, 1.54) is 22.5 Å². The Kier molecular flexibility index (Phi) is 7.54. The van der Waals surface area contributed by atoms with Gasteiger partial charge in [0.25, 0.3) is 5.69 Å². The lowest BCUT2D eigenvalue weighted by Crippen LogP contribution is -2.31. The second kappa shape index (κ2) is 9.87. The van der Waals surface area contributed by atoms with Gasteiger partial charge in [-0.2, -0.15) is 0 Å². The zero-order chi connectivity index (χ0) is 21.4. The van der Waals surface area contributed by atoms with Gasteiger partial charge in [-0.25, -0.2) is 8.42 Å². The van der Waals surface area contributed by atoms with Crippen LogP contribution in [0.5, 0.6) is 5.75 Å². The molecule has 1 N–H and O–H groups in total. The Balaban J connectivity index is 2.03. The van der Waals surface area contributed by atoms with Crippen molar-refractivity contribution in [2.75, 3.05) is 29.0 Å². The molecule has 0 aliphatic heterocycles. The molecule has 0 saturated carbocycles. The molecule has 2 rings (SSSR count). The van der Waals surface area contributed by atoms with Gasteiger partial charge in [0.15, 0.2) is 0 Å². The Bertz CT molecular complexity index is 977. The van der Waals surface area contributed by atoms with Gasteiger partial charge in [0.1, 0.15) is 5.75 Å². The van der Waals surface area contributed by atoms with Gasteiger partial charge >= 0.3 is 0 Å². The van der Waals surface area contributed by atoms with Crippen LogP contribution in [0.1, 0.15) is 19.8 Å². The third-order valence-corrected chi connectivity index (χ3v) is 5.12. The molecule has 29 heavy (non-hydrogen) atoms. The van der Waals surface area contributed by atoms with Crippen LogP contribution in [0.3, 0.4) is 0 Å². The van der Waals surface area contributed by atoms with E-state index in [9.17, 15) is 23.3 Å². The maximum atomic E-state index is 12.3. The fraction of sp³-hybridized carbons (Fsp3) is 0.316. The number of nitrogens with zero attached hydrogens (tertiary/aromatic N) is 2. The van der Waals surface area contributed by atoms with E-state index < -0.39 is 14.9 Å². The molecule has 0 saturated heterocycles. The number of ether oxygens (including phenoxy) is 1. The number of benzene rings is 2. The minimum absolute atomic E-state index is 0.0471. The van der Waals surface area contributed by atoms with Gasteiger partial charge in [-0.1, -0.05) is 18.2 Å². The van der Waals surface area contributed by atoms with Crippen LogP contribution in [0.2, 0.25) is 0 Å². The molecule has 1 amide bonds. The number of sulfonamides is 1. The van der Waals surface area contributed by atoms with Crippen LogP contribution < -0.4 is 14.4 Å². The van der Waals surface area contributed by atoms with Crippen molar-refractivity contribution in [3.63, 3.8) is 0 Å². The summed E-state index contributed by atoms with van der Waals surface area (Å²) < 4.78 is 31.2. The van der Waals surface area contributed by atoms with E-state index >= 15 is 0 Å². The molecule has 10 heteroatoms. The highest BCUT2D eigenvalue weighted by Crippen LogP contribution is 2.30. The minimum Gasteiger partial charge on any atom is -0.492 e. The number of nitrogens with one attached hydrogen (secondary N) is 1. The minimum atomic E-state index is -3.58. The van der Waals surface area contributed by atoms with Crippen molar-refractivity contribution in [3.8, 4) is 5.75 Å². The summed E-state index contributed by atoms with van der Waals surface area (Å²) in [7, 11) is -3.58. The molecule has 0 aliphatic carbocycles. The van der Waals surface area contributed by atoms with Crippen molar-refractivity contribution in [2.45, 2.75) is 19.8 Å². The summed E-state index contributed by atoms with van der Waals surface area (Å²) in [5.41, 5.74) is 0.598. The van der Waals surface area contributed by atoms with Gasteiger partial charge in [0.2, 0.25) is 15.9 Å². The predicted octanol–water partition coefficient (Wildman–Crippen LogP) is 3.18. The molecule has 0 spiro atoms. The Morgan fingerprint density at radius 1 is 1.21 bits per heavy atom. The predicted molar refractivity (Wildman–Crippen MR) is 111 cm³/mol. The quantitative estimate of drug-likeness (QED) is 0.465. The topological polar surface area (TPSA) is 119 Å². The Hall–Kier alpha value is -3.14. The summed E-state index contributed by atoms with van der Waals surface area (Å²) in [5.74, 6) is 0.0820. The molecule has 0 fully saturated rings. The average Bonchev–Trinajstić information content (AvgIpc) is 2.65. The van der Waals surface area contributed by atoms with E-state index in [0.717, 1.165) is 6.26 Å². The number of hydrogen-bond acceptors (Lipinski definition) is 6. The van der Waals surface area contributed by atoms with Crippen molar-refractivity contribution >= 4 is 33.0 Å². The average molecular weight is 421 g/mol. The van der Waals surface area contributed by atoms with E-state index in [4.69, 9.17) is 4.74 Å². The van der Waals surface area contributed by atoms with E-state index in [1.54, 1.807) is 37.3 Å².